The van der Waals surface area contributed by atoms with Crippen molar-refractivity contribution < 1.29 is 9.90 Å². The van der Waals surface area contributed by atoms with Crippen molar-refractivity contribution in [2.75, 3.05) is 19.6 Å². The third-order valence-corrected chi connectivity index (χ3v) is 3.46. The van der Waals surface area contributed by atoms with Crippen molar-refractivity contribution >= 4 is 30.0 Å². The molecule has 2 rings (SSSR count). The number of carboxylic acid groups (broad SMARTS) is 1. The Bertz CT molecular complexity index is 388. The molecule has 0 aromatic heterocycles. The van der Waals surface area contributed by atoms with E-state index in [9.17, 15) is 9.90 Å². The van der Waals surface area contributed by atoms with Crippen LogP contribution in [-0.4, -0.2) is 35.6 Å². The smallest absolute Gasteiger partial charge is 0.312 e. The standard InChI is InChI=1S/C13H16ClNO2.ClH/c14-11-5-3-10(4-6-11)12(13(16)17)9-15-7-1-2-8-15;/h3-6,12H,1-2,7-9H2,(H,16,17);1H. The fraction of sp³-hybridized carbons (Fsp3) is 0.462. The van der Waals surface area contributed by atoms with Gasteiger partial charge in [0.05, 0.1) is 5.92 Å². The Balaban J connectivity index is 0.00000162. The Morgan fingerprint density at radius 1 is 1.28 bits per heavy atom. The molecule has 0 spiro atoms. The molecule has 1 heterocycles. The molecule has 1 aliphatic rings. The minimum absolute atomic E-state index is 0. The number of nitrogens with zero attached hydrogens (tertiary/aromatic N) is 1. The highest BCUT2D eigenvalue weighted by atomic mass is 35.5. The van der Waals surface area contributed by atoms with Crippen molar-refractivity contribution in [3.63, 3.8) is 0 Å². The molecule has 0 radical (unpaired) electrons. The summed E-state index contributed by atoms with van der Waals surface area (Å²) in [6.45, 7) is 2.62. The maximum Gasteiger partial charge on any atom is 0.312 e. The zero-order valence-electron chi connectivity index (χ0n) is 10.0. The molecule has 1 N–H and O–H groups in total. The van der Waals surface area contributed by atoms with E-state index in [1.165, 1.54) is 12.8 Å². The zero-order valence-corrected chi connectivity index (χ0v) is 11.6. The molecule has 1 fully saturated rings. The first-order valence-electron chi connectivity index (χ1n) is 5.87. The third kappa shape index (κ3) is 3.87. The second kappa shape index (κ2) is 6.98. The molecule has 0 bridgehead atoms. The first kappa shape index (κ1) is 15.3. The van der Waals surface area contributed by atoms with Gasteiger partial charge in [-0.25, -0.2) is 0 Å². The second-order valence-corrected chi connectivity index (χ2v) is 4.89. The predicted octanol–water partition coefficient (Wildman–Crippen LogP) is 3.03. The van der Waals surface area contributed by atoms with Crippen molar-refractivity contribution in [3.8, 4) is 0 Å². The molecule has 5 heteroatoms. The number of aliphatic carboxylic acids is 1. The lowest BCUT2D eigenvalue weighted by Crippen LogP contribution is -2.29. The van der Waals surface area contributed by atoms with Crippen LogP contribution in [0.25, 0.3) is 0 Å². The van der Waals surface area contributed by atoms with Crippen LogP contribution in [0.3, 0.4) is 0 Å². The van der Waals surface area contributed by atoms with Gasteiger partial charge in [-0.3, -0.25) is 4.79 Å². The molecule has 1 aromatic carbocycles. The van der Waals surface area contributed by atoms with Gasteiger partial charge >= 0.3 is 5.97 Å². The minimum atomic E-state index is -0.765. The highest BCUT2D eigenvalue weighted by Crippen LogP contribution is 2.22. The van der Waals surface area contributed by atoms with E-state index in [2.05, 4.69) is 4.90 Å². The predicted molar refractivity (Wildman–Crippen MR) is 74.8 cm³/mol. The summed E-state index contributed by atoms with van der Waals surface area (Å²) >= 11 is 5.81. The highest BCUT2D eigenvalue weighted by Gasteiger charge is 2.24. The summed E-state index contributed by atoms with van der Waals surface area (Å²) < 4.78 is 0. The summed E-state index contributed by atoms with van der Waals surface area (Å²) in [5.41, 5.74) is 0.828. The number of halogens is 2. The fourth-order valence-corrected chi connectivity index (χ4v) is 2.37. The van der Waals surface area contributed by atoms with E-state index in [-0.39, 0.29) is 12.4 Å². The van der Waals surface area contributed by atoms with Gasteiger partial charge in [0.2, 0.25) is 0 Å². The number of benzene rings is 1. The lowest BCUT2D eigenvalue weighted by molar-refractivity contribution is -0.139. The number of hydrogen-bond acceptors (Lipinski definition) is 2. The maximum absolute atomic E-state index is 11.3. The molecule has 1 aliphatic heterocycles. The van der Waals surface area contributed by atoms with E-state index >= 15 is 0 Å². The molecule has 3 nitrogen and oxygen atoms in total. The Morgan fingerprint density at radius 3 is 2.33 bits per heavy atom. The lowest BCUT2D eigenvalue weighted by atomic mass is 9.99. The van der Waals surface area contributed by atoms with Gasteiger partial charge < -0.3 is 10.0 Å². The molecule has 18 heavy (non-hydrogen) atoms. The Hall–Kier alpha value is -0.770. The summed E-state index contributed by atoms with van der Waals surface area (Å²) in [6.07, 6.45) is 2.35. The van der Waals surface area contributed by atoms with Gasteiger partial charge in [0.1, 0.15) is 0 Å². The number of likely N-dealkylation sites (tertiary alicyclic amines) is 1. The number of carbonyl (C=O) groups is 1. The van der Waals surface area contributed by atoms with E-state index in [0.717, 1.165) is 18.7 Å². The molecule has 1 unspecified atom stereocenters. The highest BCUT2D eigenvalue weighted by molar-refractivity contribution is 6.30. The molecular weight excluding hydrogens is 273 g/mol. The van der Waals surface area contributed by atoms with Crippen molar-refractivity contribution in [2.45, 2.75) is 18.8 Å². The van der Waals surface area contributed by atoms with Gasteiger partial charge in [-0.1, -0.05) is 23.7 Å². The number of rotatable bonds is 4. The van der Waals surface area contributed by atoms with Gasteiger partial charge in [-0.2, -0.15) is 0 Å². The van der Waals surface area contributed by atoms with E-state index < -0.39 is 11.9 Å². The van der Waals surface area contributed by atoms with E-state index in [1.54, 1.807) is 24.3 Å². The third-order valence-electron chi connectivity index (χ3n) is 3.21. The van der Waals surface area contributed by atoms with Gasteiger partial charge in [-0.15, -0.1) is 12.4 Å². The van der Waals surface area contributed by atoms with Gasteiger partial charge in [0.15, 0.2) is 0 Å². The molecule has 100 valence electrons. The normalized spacial score (nSPS) is 17.2. The van der Waals surface area contributed by atoms with Crippen molar-refractivity contribution in [2.24, 2.45) is 0 Å². The van der Waals surface area contributed by atoms with Gasteiger partial charge in [0, 0.05) is 11.6 Å². The Labute approximate surface area is 118 Å². The molecule has 1 saturated heterocycles. The SMILES string of the molecule is Cl.O=C(O)C(CN1CCCC1)c1ccc(Cl)cc1. The molecule has 1 atom stereocenters. The van der Waals surface area contributed by atoms with Crippen LogP contribution in [-0.2, 0) is 4.79 Å². The van der Waals surface area contributed by atoms with Crippen LogP contribution >= 0.6 is 24.0 Å². The summed E-state index contributed by atoms with van der Waals surface area (Å²) in [5.74, 6) is -1.22. The Morgan fingerprint density at radius 2 is 1.83 bits per heavy atom. The summed E-state index contributed by atoms with van der Waals surface area (Å²) in [6, 6.07) is 7.10. The van der Waals surface area contributed by atoms with Crippen molar-refractivity contribution in [1.29, 1.82) is 0 Å². The van der Waals surface area contributed by atoms with Crippen molar-refractivity contribution in [1.82, 2.24) is 4.90 Å². The fourth-order valence-electron chi connectivity index (χ4n) is 2.24. The summed E-state index contributed by atoms with van der Waals surface area (Å²) in [7, 11) is 0. The average Bonchev–Trinajstić information content (AvgIpc) is 2.80. The van der Waals surface area contributed by atoms with E-state index in [4.69, 9.17) is 11.6 Å². The summed E-state index contributed by atoms with van der Waals surface area (Å²) in [4.78, 5) is 13.5. The Kier molecular flexibility index (Phi) is 5.93. The molecule has 1 aromatic rings. The van der Waals surface area contributed by atoms with Crippen LogP contribution in [0.2, 0.25) is 5.02 Å². The first-order valence-corrected chi connectivity index (χ1v) is 6.25. The van der Waals surface area contributed by atoms with Crippen LogP contribution in [0.4, 0.5) is 0 Å². The number of hydrogen-bond donors (Lipinski definition) is 1. The monoisotopic (exact) mass is 289 g/mol. The lowest BCUT2D eigenvalue weighted by Gasteiger charge is -2.20. The van der Waals surface area contributed by atoms with E-state index in [1.807, 2.05) is 0 Å². The van der Waals surface area contributed by atoms with Crippen LogP contribution in [0, 0.1) is 0 Å². The quantitative estimate of drug-likeness (QED) is 0.926. The van der Waals surface area contributed by atoms with Crippen LogP contribution in [0.1, 0.15) is 24.3 Å². The second-order valence-electron chi connectivity index (χ2n) is 4.45. The van der Waals surface area contributed by atoms with E-state index in [0.29, 0.717) is 11.6 Å². The molecule has 0 amide bonds. The maximum atomic E-state index is 11.3. The van der Waals surface area contributed by atoms with Crippen LogP contribution < -0.4 is 0 Å². The zero-order chi connectivity index (χ0) is 12.3. The molecule has 0 saturated carbocycles. The number of carboxylic acids is 1. The topological polar surface area (TPSA) is 40.5 Å². The van der Waals surface area contributed by atoms with Crippen LogP contribution in [0.5, 0.6) is 0 Å². The minimum Gasteiger partial charge on any atom is -0.481 e. The van der Waals surface area contributed by atoms with Gasteiger partial charge in [0.25, 0.3) is 0 Å². The van der Waals surface area contributed by atoms with Crippen molar-refractivity contribution in [3.05, 3.63) is 34.9 Å². The average molecular weight is 290 g/mol. The van der Waals surface area contributed by atoms with Gasteiger partial charge in [-0.05, 0) is 43.6 Å². The molecule has 0 aliphatic carbocycles. The summed E-state index contributed by atoms with van der Waals surface area (Å²) in [5, 5.41) is 9.93. The first-order chi connectivity index (χ1) is 8.16. The largest absolute Gasteiger partial charge is 0.481 e. The molecular formula is C13H17Cl2NO2. The van der Waals surface area contributed by atoms with Crippen LogP contribution in [0.15, 0.2) is 24.3 Å².